The van der Waals surface area contributed by atoms with Gasteiger partial charge in [-0.3, -0.25) is 20.2 Å². The highest BCUT2D eigenvalue weighted by atomic mass is 32.1. The van der Waals surface area contributed by atoms with Crippen LogP contribution >= 0.6 is 23.6 Å². The fourth-order valence-corrected chi connectivity index (χ4v) is 4.48. The number of carbonyl (C=O) groups excluding carboxylic acids is 3. The average Bonchev–Trinajstić information content (AvgIpc) is 3.44. The normalized spacial score (nSPS) is 10.4. The molecule has 13 heteroatoms. The lowest BCUT2D eigenvalue weighted by Crippen LogP contribution is -2.34. The van der Waals surface area contributed by atoms with Gasteiger partial charge in [0.2, 0.25) is 0 Å². The van der Waals surface area contributed by atoms with E-state index in [0.717, 1.165) is 11.3 Å². The van der Waals surface area contributed by atoms with Gasteiger partial charge >= 0.3 is 11.9 Å². The van der Waals surface area contributed by atoms with E-state index in [1.165, 1.54) is 30.3 Å². The van der Waals surface area contributed by atoms with Gasteiger partial charge in [-0.1, -0.05) is 12.1 Å². The Balaban J connectivity index is 1.78. The van der Waals surface area contributed by atoms with Crippen LogP contribution in [-0.2, 0) is 9.47 Å². The molecule has 0 saturated carbocycles. The molecule has 0 aliphatic heterocycles. The van der Waals surface area contributed by atoms with Gasteiger partial charge in [0.15, 0.2) is 10.9 Å². The van der Waals surface area contributed by atoms with Crippen LogP contribution in [0.1, 0.15) is 50.0 Å². The molecule has 188 valence electrons. The van der Waals surface area contributed by atoms with E-state index in [0.29, 0.717) is 11.1 Å². The van der Waals surface area contributed by atoms with Crippen LogP contribution in [0.2, 0.25) is 0 Å². The summed E-state index contributed by atoms with van der Waals surface area (Å²) in [5.41, 5.74) is 0.767. The minimum atomic E-state index is -0.694. The standard InChI is InChI=1S/C23H21N3O8S2/c1-4-32-21(28)17-12(3)18(22(29)33-5-2)36-20(17)25-23(35)24-19(27)16-10-9-15(34-16)13-7-6-8-14(11-13)26(30)31/h6-11H,4-5H2,1-3H3,(H2,24,25,27,35). The molecule has 2 heterocycles. The van der Waals surface area contributed by atoms with Crippen molar-refractivity contribution in [3.63, 3.8) is 0 Å². The van der Waals surface area contributed by atoms with E-state index in [2.05, 4.69) is 10.6 Å². The van der Waals surface area contributed by atoms with Crippen molar-refractivity contribution in [3.8, 4) is 11.3 Å². The molecular formula is C23H21N3O8S2. The molecule has 0 fully saturated rings. The van der Waals surface area contributed by atoms with E-state index in [4.69, 9.17) is 26.1 Å². The number of nitro groups is 1. The van der Waals surface area contributed by atoms with Crippen LogP contribution in [0.5, 0.6) is 0 Å². The van der Waals surface area contributed by atoms with Gasteiger partial charge in [-0.25, -0.2) is 9.59 Å². The number of nitrogens with one attached hydrogen (secondary N) is 2. The van der Waals surface area contributed by atoms with Gasteiger partial charge in [0.05, 0.1) is 23.7 Å². The second-order valence-electron chi connectivity index (χ2n) is 7.08. The molecule has 0 bridgehead atoms. The number of nitrogens with zero attached hydrogens (tertiary/aromatic N) is 1. The number of hydrogen-bond acceptors (Lipinski definition) is 10. The van der Waals surface area contributed by atoms with E-state index in [1.807, 2.05) is 0 Å². The molecule has 3 rings (SSSR count). The van der Waals surface area contributed by atoms with Gasteiger partial charge in [0, 0.05) is 17.7 Å². The maximum Gasteiger partial charge on any atom is 0.348 e. The van der Waals surface area contributed by atoms with Gasteiger partial charge < -0.3 is 19.2 Å². The number of thiophene rings is 1. The third-order valence-corrected chi connectivity index (χ3v) is 6.10. The number of thiocarbonyl (C=S) groups is 1. The molecule has 0 saturated heterocycles. The Bertz CT molecular complexity index is 1340. The lowest BCUT2D eigenvalue weighted by atomic mass is 10.1. The number of nitro benzene ring substituents is 1. The second kappa shape index (κ2) is 11.6. The van der Waals surface area contributed by atoms with E-state index in [1.54, 1.807) is 26.8 Å². The number of esters is 2. The SMILES string of the molecule is CCOC(=O)c1sc(NC(=S)NC(=O)c2ccc(-c3cccc([N+](=O)[O-])c3)o2)c(C(=O)OCC)c1C. The highest BCUT2D eigenvalue weighted by molar-refractivity contribution is 7.80. The van der Waals surface area contributed by atoms with Crippen LogP contribution in [0.15, 0.2) is 40.8 Å². The third kappa shape index (κ3) is 5.93. The van der Waals surface area contributed by atoms with Crippen molar-refractivity contribution in [1.29, 1.82) is 0 Å². The summed E-state index contributed by atoms with van der Waals surface area (Å²) >= 11 is 6.16. The quantitative estimate of drug-likeness (QED) is 0.181. The van der Waals surface area contributed by atoms with Crippen LogP contribution < -0.4 is 10.6 Å². The van der Waals surface area contributed by atoms with Crippen molar-refractivity contribution in [2.45, 2.75) is 20.8 Å². The zero-order chi connectivity index (χ0) is 26.4. The second-order valence-corrected chi connectivity index (χ2v) is 8.51. The largest absolute Gasteiger partial charge is 0.462 e. The Morgan fingerprint density at radius 2 is 1.81 bits per heavy atom. The van der Waals surface area contributed by atoms with Gasteiger partial charge in [0.25, 0.3) is 11.6 Å². The highest BCUT2D eigenvalue weighted by Gasteiger charge is 2.27. The number of rotatable bonds is 8. The Morgan fingerprint density at radius 3 is 2.47 bits per heavy atom. The van der Waals surface area contributed by atoms with E-state index in [-0.39, 0.29) is 51.0 Å². The summed E-state index contributed by atoms with van der Waals surface area (Å²) in [5, 5.41) is 16.2. The maximum absolute atomic E-state index is 12.6. The molecule has 0 spiro atoms. The van der Waals surface area contributed by atoms with Crippen LogP contribution in [0.4, 0.5) is 10.7 Å². The predicted molar refractivity (Wildman–Crippen MR) is 135 cm³/mol. The number of benzene rings is 1. The van der Waals surface area contributed by atoms with Crippen LogP contribution in [0.25, 0.3) is 11.3 Å². The van der Waals surface area contributed by atoms with Crippen molar-refractivity contribution in [2.24, 2.45) is 0 Å². The van der Waals surface area contributed by atoms with Crippen molar-refractivity contribution in [3.05, 3.63) is 68.3 Å². The lowest BCUT2D eigenvalue weighted by molar-refractivity contribution is -0.384. The third-order valence-electron chi connectivity index (χ3n) is 4.71. The van der Waals surface area contributed by atoms with Gasteiger partial charge in [-0.15, -0.1) is 11.3 Å². The molecule has 36 heavy (non-hydrogen) atoms. The number of amides is 1. The van der Waals surface area contributed by atoms with Gasteiger partial charge in [-0.05, 0) is 50.7 Å². The zero-order valence-electron chi connectivity index (χ0n) is 19.4. The molecule has 0 aliphatic rings. The van der Waals surface area contributed by atoms with Gasteiger partial charge in [0.1, 0.15) is 15.6 Å². The zero-order valence-corrected chi connectivity index (χ0v) is 21.0. The summed E-state index contributed by atoms with van der Waals surface area (Å²) in [7, 11) is 0. The van der Waals surface area contributed by atoms with Crippen LogP contribution in [0.3, 0.4) is 0 Å². The molecule has 0 atom stereocenters. The Labute approximate surface area is 214 Å². The van der Waals surface area contributed by atoms with E-state index in [9.17, 15) is 24.5 Å². The molecule has 0 radical (unpaired) electrons. The van der Waals surface area contributed by atoms with Crippen LogP contribution in [0, 0.1) is 17.0 Å². The average molecular weight is 532 g/mol. The Kier molecular flexibility index (Phi) is 8.51. The fraction of sp³-hybridized carbons (Fsp3) is 0.217. The fourth-order valence-electron chi connectivity index (χ4n) is 3.13. The summed E-state index contributed by atoms with van der Waals surface area (Å²) in [6, 6.07) is 8.67. The molecule has 11 nitrogen and oxygen atoms in total. The summed E-state index contributed by atoms with van der Waals surface area (Å²) in [5.74, 6) is -1.80. The highest BCUT2D eigenvalue weighted by Crippen LogP contribution is 2.34. The van der Waals surface area contributed by atoms with Gasteiger partial charge in [-0.2, -0.15) is 0 Å². The summed E-state index contributed by atoms with van der Waals surface area (Å²) < 4.78 is 15.7. The van der Waals surface area contributed by atoms with Crippen molar-refractivity contribution in [2.75, 3.05) is 18.5 Å². The van der Waals surface area contributed by atoms with Crippen molar-refractivity contribution in [1.82, 2.24) is 5.32 Å². The first-order chi connectivity index (χ1) is 17.2. The number of carbonyl (C=O) groups is 3. The van der Waals surface area contributed by atoms with Crippen LogP contribution in [-0.4, -0.2) is 41.1 Å². The molecule has 1 aromatic carbocycles. The maximum atomic E-state index is 12.6. The number of ether oxygens (including phenoxy) is 2. The lowest BCUT2D eigenvalue weighted by Gasteiger charge is -2.09. The monoisotopic (exact) mass is 531 g/mol. The molecule has 3 aromatic rings. The Hall–Kier alpha value is -4.10. The molecule has 1 amide bonds. The molecular weight excluding hydrogens is 510 g/mol. The minimum absolute atomic E-state index is 0.0964. The van der Waals surface area contributed by atoms with Crippen molar-refractivity contribution >= 4 is 57.2 Å². The van der Waals surface area contributed by atoms with Crippen molar-refractivity contribution < 1.29 is 33.2 Å². The molecule has 2 N–H and O–H groups in total. The minimum Gasteiger partial charge on any atom is -0.462 e. The molecule has 2 aromatic heterocycles. The number of furan rings is 1. The first-order valence-electron chi connectivity index (χ1n) is 10.6. The summed E-state index contributed by atoms with van der Waals surface area (Å²) in [4.78, 5) is 48.1. The first kappa shape index (κ1) is 26.5. The predicted octanol–water partition coefficient (Wildman–Crippen LogP) is 4.70. The summed E-state index contributed by atoms with van der Waals surface area (Å²) in [6.07, 6.45) is 0. The number of non-ortho nitro benzene ring substituents is 1. The smallest absolute Gasteiger partial charge is 0.348 e. The van der Waals surface area contributed by atoms with E-state index < -0.39 is 22.8 Å². The molecule has 0 unspecified atom stereocenters. The summed E-state index contributed by atoms with van der Waals surface area (Å²) in [6.45, 7) is 5.17. The number of anilines is 1. The van der Waals surface area contributed by atoms with E-state index >= 15 is 0 Å². The molecule has 0 aliphatic carbocycles. The number of hydrogen-bond donors (Lipinski definition) is 2. The topological polar surface area (TPSA) is 150 Å². The Morgan fingerprint density at radius 1 is 1.11 bits per heavy atom. The first-order valence-corrected chi connectivity index (χ1v) is 11.8.